The van der Waals surface area contributed by atoms with E-state index in [1.807, 2.05) is 19.9 Å². The van der Waals surface area contributed by atoms with Crippen molar-refractivity contribution in [2.75, 3.05) is 0 Å². The van der Waals surface area contributed by atoms with Crippen LogP contribution in [0.3, 0.4) is 0 Å². The average molecular weight is 573 g/mol. The Hall–Kier alpha value is -5.05. The molecule has 9 nitrogen and oxygen atoms in total. The summed E-state index contributed by atoms with van der Waals surface area (Å²) in [6, 6.07) is 9.88. The van der Waals surface area contributed by atoms with Crippen molar-refractivity contribution in [2.45, 2.75) is 45.4 Å². The second-order valence-corrected chi connectivity index (χ2v) is 11.1. The molecule has 218 valence electrons. The maximum absolute atomic E-state index is 12.6. The molecule has 0 saturated carbocycles. The monoisotopic (exact) mass is 572 g/mol. The number of hydrogen-bond acceptors (Lipinski definition) is 8. The quantitative estimate of drug-likeness (QED) is 0.0748. The first kappa shape index (κ1) is 28.5. The van der Waals surface area contributed by atoms with Crippen molar-refractivity contribution in [1.29, 1.82) is 0 Å². The lowest BCUT2D eigenvalue weighted by Gasteiger charge is -2.35. The first-order valence-electron chi connectivity index (χ1n) is 13.4. The van der Waals surface area contributed by atoms with E-state index in [9.17, 15) is 40.5 Å². The molecule has 5 rings (SSSR count). The van der Waals surface area contributed by atoms with Crippen LogP contribution in [0, 0.1) is 5.92 Å². The zero-order chi connectivity index (χ0) is 30.5. The molecule has 1 aliphatic rings. The average Bonchev–Trinajstić information content (AvgIpc) is 3.33. The van der Waals surface area contributed by atoms with E-state index in [2.05, 4.69) is 0 Å². The highest BCUT2D eigenvalue weighted by molar-refractivity contribution is 5.88. The second-order valence-electron chi connectivity index (χ2n) is 11.1. The molecule has 1 aromatic heterocycles. The fourth-order valence-corrected chi connectivity index (χ4v) is 5.88. The SMILES string of the molecule is CC(C)=CCc1c(O)ccc2cc(-c3cc(O)c(C4C=C(C)CC(c5cc(O)c(O)cc5O)C4C(=O)O)c(O)c3)oc12. The lowest BCUT2D eigenvalue weighted by Crippen LogP contribution is -2.31. The normalized spacial score (nSPS) is 18.5. The molecule has 4 aromatic rings. The summed E-state index contributed by atoms with van der Waals surface area (Å²) < 4.78 is 6.09. The molecule has 0 bridgehead atoms. The molecule has 42 heavy (non-hydrogen) atoms. The van der Waals surface area contributed by atoms with Gasteiger partial charge >= 0.3 is 5.97 Å². The van der Waals surface area contributed by atoms with Gasteiger partial charge in [-0.15, -0.1) is 0 Å². The third kappa shape index (κ3) is 5.09. The number of phenolic OH excluding ortho intramolecular Hbond substituents is 6. The van der Waals surface area contributed by atoms with Gasteiger partial charge in [-0.2, -0.15) is 0 Å². The molecule has 0 radical (unpaired) electrons. The number of benzene rings is 3. The smallest absolute Gasteiger partial charge is 0.308 e. The number of aromatic hydroxyl groups is 6. The number of aliphatic carboxylic acids is 1. The fourth-order valence-electron chi connectivity index (χ4n) is 5.88. The van der Waals surface area contributed by atoms with Gasteiger partial charge in [0.15, 0.2) is 11.5 Å². The summed E-state index contributed by atoms with van der Waals surface area (Å²) in [5, 5.41) is 74.2. The summed E-state index contributed by atoms with van der Waals surface area (Å²) in [5.41, 5.74) is 3.37. The predicted octanol–water partition coefficient (Wildman–Crippen LogP) is 6.76. The number of rotatable bonds is 6. The summed E-state index contributed by atoms with van der Waals surface area (Å²) >= 11 is 0. The van der Waals surface area contributed by atoms with E-state index in [1.165, 1.54) is 12.1 Å². The number of phenols is 6. The molecule has 3 atom stereocenters. The third-order valence-corrected chi connectivity index (χ3v) is 7.87. The van der Waals surface area contributed by atoms with Crippen LogP contribution in [0.4, 0.5) is 0 Å². The Kier molecular flexibility index (Phi) is 7.28. The maximum Gasteiger partial charge on any atom is 0.308 e. The van der Waals surface area contributed by atoms with Crippen molar-refractivity contribution in [3.8, 4) is 45.8 Å². The molecule has 1 aliphatic carbocycles. The van der Waals surface area contributed by atoms with E-state index in [0.717, 1.165) is 28.7 Å². The van der Waals surface area contributed by atoms with Crippen LogP contribution in [0.15, 0.2) is 70.2 Å². The Morgan fingerprint density at radius 3 is 2.19 bits per heavy atom. The highest BCUT2D eigenvalue weighted by atomic mass is 16.4. The van der Waals surface area contributed by atoms with Gasteiger partial charge in [-0.1, -0.05) is 23.3 Å². The Labute approximate surface area is 241 Å². The minimum Gasteiger partial charge on any atom is -0.508 e. The molecule has 0 saturated heterocycles. The molecule has 9 heteroatoms. The van der Waals surface area contributed by atoms with Gasteiger partial charge in [0.1, 0.15) is 34.3 Å². The topological polar surface area (TPSA) is 172 Å². The Bertz CT molecular complexity index is 1750. The van der Waals surface area contributed by atoms with Crippen molar-refractivity contribution in [1.82, 2.24) is 0 Å². The highest BCUT2D eigenvalue weighted by Gasteiger charge is 2.42. The van der Waals surface area contributed by atoms with Crippen molar-refractivity contribution < 1.29 is 45.0 Å². The summed E-state index contributed by atoms with van der Waals surface area (Å²) in [6.45, 7) is 5.68. The molecule has 0 fully saturated rings. The van der Waals surface area contributed by atoms with Gasteiger partial charge in [-0.05, 0) is 70.0 Å². The van der Waals surface area contributed by atoms with Gasteiger partial charge in [0.2, 0.25) is 0 Å². The zero-order valence-electron chi connectivity index (χ0n) is 23.3. The van der Waals surface area contributed by atoms with Gasteiger partial charge in [0.05, 0.1) is 5.92 Å². The van der Waals surface area contributed by atoms with Crippen LogP contribution in [-0.2, 0) is 11.2 Å². The molecule has 3 unspecified atom stereocenters. The van der Waals surface area contributed by atoms with Crippen LogP contribution in [0.1, 0.15) is 55.7 Å². The number of fused-ring (bicyclic) bond motifs is 1. The van der Waals surface area contributed by atoms with E-state index < -0.39 is 35.2 Å². The molecule has 1 heterocycles. The molecule has 0 amide bonds. The van der Waals surface area contributed by atoms with Crippen molar-refractivity contribution in [3.63, 3.8) is 0 Å². The Balaban J connectivity index is 1.59. The van der Waals surface area contributed by atoms with Crippen LogP contribution in [-0.4, -0.2) is 41.7 Å². The number of carboxylic acid groups (broad SMARTS) is 1. The van der Waals surface area contributed by atoms with Crippen LogP contribution >= 0.6 is 0 Å². The lowest BCUT2D eigenvalue weighted by atomic mass is 9.67. The molecule has 0 aliphatic heterocycles. The number of allylic oxidation sites excluding steroid dienone is 4. The first-order chi connectivity index (χ1) is 19.8. The van der Waals surface area contributed by atoms with E-state index in [1.54, 1.807) is 31.2 Å². The van der Waals surface area contributed by atoms with Crippen LogP contribution in [0.5, 0.6) is 34.5 Å². The maximum atomic E-state index is 12.6. The van der Waals surface area contributed by atoms with Crippen LogP contribution < -0.4 is 0 Å². The van der Waals surface area contributed by atoms with E-state index in [0.29, 0.717) is 28.9 Å². The molecule has 0 spiro atoms. The Morgan fingerprint density at radius 1 is 0.881 bits per heavy atom. The summed E-state index contributed by atoms with van der Waals surface area (Å²) in [5.74, 6) is -6.01. The second kappa shape index (κ2) is 10.7. The Morgan fingerprint density at radius 2 is 1.55 bits per heavy atom. The molecule has 7 N–H and O–H groups in total. The summed E-state index contributed by atoms with van der Waals surface area (Å²) in [4.78, 5) is 12.6. The van der Waals surface area contributed by atoms with E-state index in [-0.39, 0.29) is 40.5 Å². The largest absolute Gasteiger partial charge is 0.508 e. The van der Waals surface area contributed by atoms with Gasteiger partial charge < -0.3 is 40.2 Å². The number of hydrogen-bond donors (Lipinski definition) is 7. The van der Waals surface area contributed by atoms with Crippen LogP contribution in [0.2, 0.25) is 0 Å². The van der Waals surface area contributed by atoms with Crippen molar-refractivity contribution in [3.05, 3.63) is 82.5 Å². The van der Waals surface area contributed by atoms with Gasteiger partial charge in [0, 0.05) is 45.5 Å². The minimum absolute atomic E-state index is 0.00399. The predicted molar refractivity (Wildman–Crippen MR) is 156 cm³/mol. The number of carbonyl (C=O) groups is 1. The van der Waals surface area contributed by atoms with Crippen molar-refractivity contribution >= 4 is 16.9 Å². The fraction of sp³-hybridized carbons (Fsp3) is 0.242. The van der Waals surface area contributed by atoms with Gasteiger partial charge in [-0.3, -0.25) is 4.79 Å². The minimum atomic E-state index is -1.24. The van der Waals surface area contributed by atoms with Gasteiger partial charge in [-0.25, -0.2) is 0 Å². The van der Waals surface area contributed by atoms with Gasteiger partial charge in [0.25, 0.3) is 0 Å². The molecular formula is C33H32O9. The highest BCUT2D eigenvalue weighted by Crippen LogP contribution is 2.52. The summed E-state index contributed by atoms with van der Waals surface area (Å²) in [7, 11) is 0. The number of carboxylic acids is 1. The standard InChI is InChI=1S/C33H32O9/c1-15(2)4-6-19-23(34)7-5-17-12-29(42-32(17)19)18-10-27(38)31(28(39)11-18)22-9-16(3)8-21(30(22)33(40)41)20-13-25(36)26(37)14-24(20)35/h4-5,7,9-14,21-22,30,34-39H,6,8H2,1-3H3,(H,40,41). The lowest BCUT2D eigenvalue weighted by molar-refractivity contribution is -0.143. The molecule has 3 aromatic carbocycles. The zero-order valence-corrected chi connectivity index (χ0v) is 23.3. The van der Waals surface area contributed by atoms with Crippen LogP contribution in [0.25, 0.3) is 22.3 Å². The van der Waals surface area contributed by atoms with E-state index >= 15 is 0 Å². The number of furan rings is 1. The van der Waals surface area contributed by atoms with Crippen molar-refractivity contribution in [2.24, 2.45) is 5.92 Å². The summed E-state index contributed by atoms with van der Waals surface area (Å²) in [6.07, 6.45) is 4.31. The van der Waals surface area contributed by atoms with E-state index in [4.69, 9.17) is 4.42 Å². The molecular weight excluding hydrogens is 540 g/mol. The first-order valence-corrected chi connectivity index (χ1v) is 13.4. The third-order valence-electron chi connectivity index (χ3n) is 7.87.